The number of benzene rings is 3. The lowest BCUT2D eigenvalue weighted by molar-refractivity contribution is 0.285. The second-order valence-electron chi connectivity index (χ2n) is 6.21. The van der Waals surface area contributed by atoms with Crippen molar-refractivity contribution in [1.82, 2.24) is 4.90 Å². The molecule has 0 aliphatic heterocycles. The predicted octanol–water partition coefficient (Wildman–Crippen LogP) is 4.92. The van der Waals surface area contributed by atoms with Gasteiger partial charge in [0.15, 0.2) is 0 Å². The van der Waals surface area contributed by atoms with Gasteiger partial charge in [-0.1, -0.05) is 72.5 Å². The largest absolute Gasteiger partial charge is 0.497 e. The van der Waals surface area contributed by atoms with E-state index in [2.05, 4.69) is 60.2 Å². The first kappa shape index (κ1) is 17.8. The van der Waals surface area contributed by atoms with E-state index in [-0.39, 0.29) is 6.04 Å². The van der Waals surface area contributed by atoms with Crippen molar-refractivity contribution in [3.63, 3.8) is 0 Å². The van der Waals surface area contributed by atoms with Gasteiger partial charge in [0.1, 0.15) is 5.75 Å². The summed E-state index contributed by atoms with van der Waals surface area (Å²) in [6, 6.07) is 28.7. The SMILES string of the molecule is COc1ccc(C(C#Cc2ccccc2)N(C)Cc2ccccc2)cc1. The van der Waals surface area contributed by atoms with Gasteiger partial charge >= 0.3 is 0 Å². The molecule has 0 aliphatic carbocycles. The fraction of sp³-hybridized carbons (Fsp3) is 0.167. The van der Waals surface area contributed by atoms with E-state index in [1.165, 1.54) is 5.56 Å². The summed E-state index contributed by atoms with van der Waals surface area (Å²) in [4.78, 5) is 2.27. The summed E-state index contributed by atoms with van der Waals surface area (Å²) in [7, 11) is 3.80. The van der Waals surface area contributed by atoms with Crippen molar-refractivity contribution in [3.8, 4) is 17.6 Å². The molecular formula is C24H23NO. The van der Waals surface area contributed by atoms with E-state index in [1.54, 1.807) is 7.11 Å². The molecule has 130 valence electrons. The van der Waals surface area contributed by atoms with E-state index in [1.807, 2.05) is 48.5 Å². The van der Waals surface area contributed by atoms with Crippen LogP contribution in [0.3, 0.4) is 0 Å². The van der Waals surface area contributed by atoms with Crippen LogP contribution in [0.15, 0.2) is 84.9 Å². The van der Waals surface area contributed by atoms with Gasteiger partial charge in [0.2, 0.25) is 0 Å². The molecule has 0 aliphatic rings. The maximum atomic E-state index is 5.28. The second-order valence-corrected chi connectivity index (χ2v) is 6.21. The average Bonchev–Trinajstić information content (AvgIpc) is 2.70. The van der Waals surface area contributed by atoms with Gasteiger partial charge in [0, 0.05) is 12.1 Å². The van der Waals surface area contributed by atoms with Gasteiger partial charge in [0.05, 0.1) is 13.2 Å². The number of nitrogens with zero attached hydrogens (tertiary/aromatic N) is 1. The van der Waals surface area contributed by atoms with Crippen molar-refractivity contribution in [2.75, 3.05) is 14.2 Å². The van der Waals surface area contributed by atoms with Crippen LogP contribution in [0.5, 0.6) is 5.75 Å². The van der Waals surface area contributed by atoms with E-state index in [9.17, 15) is 0 Å². The quantitative estimate of drug-likeness (QED) is 0.611. The topological polar surface area (TPSA) is 12.5 Å². The molecule has 2 heteroatoms. The average molecular weight is 341 g/mol. The molecule has 3 aromatic rings. The Kier molecular flexibility index (Phi) is 6.09. The molecule has 0 aromatic heterocycles. The van der Waals surface area contributed by atoms with E-state index >= 15 is 0 Å². The second kappa shape index (κ2) is 8.89. The van der Waals surface area contributed by atoms with E-state index in [0.29, 0.717) is 0 Å². The number of hydrogen-bond donors (Lipinski definition) is 0. The zero-order valence-corrected chi connectivity index (χ0v) is 15.2. The Bertz CT molecular complexity index is 861. The van der Waals surface area contributed by atoms with Gasteiger partial charge in [0.25, 0.3) is 0 Å². The van der Waals surface area contributed by atoms with Crippen LogP contribution in [-0.2, 0) is 6.54 Å². The summed E-state index contributed by atoms with van der Waals surface area (Å²) in [6.45, 7) is 0.834. The maximum absolute atomic E-state index is 5.28. The monoisotopic (exact) mass is 341 g/mol. The highest BCUT2D eigenvalue weighted by molar-refractivity contribution is 5.39. The summed E-state index contributed by atoms with van der Waals surface area (Å²) < 4.78 is 5.28. The third-order valence-electron chi connectivity index (χ3n) is 4.27. The van der Waals surface area contributed by atoms with Crippen LogP contribution in [0, 0.1) is 11.8 Å². The van der Waals surface area contributed by atoms with E-state index < -0.39 is 0 Å². The molecule has 0 saturated heterocycles. The van der Waals surface area contributed by atoms with E-state index in [4.69, 9.17) is 4.74 Å². The number of rotatable bonds is 5. The summed E-state index contributed by atoms with van der Waals surface area (Å²) in [5.74, 6) is 7.62. The van der Waals surface area contributed by atoms with Crippen LogP contribution in [-0.4, -0.2) is 19.1 Å². The van der Waals surface area contributed by atoms with Gasteiger partial charge in [-0.2, -0.15) is 0 Å². The molecule has 0 amide bonds. The first-order chi connectivity index (χ1) is 12.8. The van der Waals surface area contributed by atoms with Gasteiger partial charge in [-0.25, -0.2) is 0 Å². The third-order valence-corrected chi connectivity index (χ3v) is 4.27. The molecule has 0 radical (unpaired) electrons. The predicted molar refractivity (Wildman–Crippen MR) is 107 cm³/mol. The molecule has 0 N–H and O–H groups in total. The fourth-order valence-corrected chi connectivity index (χ4v) is 2.87. The highest BCUT2D eigenvalue weighted by Crippen LogP contribution is 2.23. The van der Waals surface area contributed by atoms with E-state index in [0.717, 1.165) is 23.4 Å². The summed E-state index contributed by atoms with van der Waals surface area (Å²) in [5, 5.41) is 0. The van der Waals surface area contributed by atoms with Gasteiger partial charge < -0.3 is 4.74 Å². The molecular weight excluding hydrogens is 318 g/mol. The molecule has 0 heterocycles. The summed E-state index contributed by atoms with van der Waals surface area (Å²) >= 11 is 0. The van der Waals surface area contributed by atoms with Crippen LogP contribution in [0.1, 0.15) is 22.7 Å². The zero-order chi connectivity index (χ0) is 18.2. The van der Waals surface area contributed by atoms with Crippen molar-refractivity contribution >= 4 is 0 Å². The molecule has 3 rings (SSSR count). The third kappa shape index (κ3) is 4.75. The number of methoxy groups -OCH3 is 1. The summed E-state index contributed by atoms with van der Waals surface area (Å²) in [5.41, 5.74) is 3.46. The number of hydrogen-bond acceptors (Lipinski definition) is 2. The minimum absolute atomic E-state index is 0.00122. The molecule has 1 unspecified atom stereocenters. The Hall–Kier alpha value is -3.02. The first-order valence-corrected chi connectivity index (χ1v) is 8.71. The molecule has 0 bridgehead atoms. The maximum Gasteiger partial charge on any atom is 0.118 e. The lowest BCUT2D eigenvalue weighted by Gasteiger charge is -2.24. The van der Waals surface area contributed by atoms with Crippen molar-refractivity contribution in [2.24, 2.45) is 0 Å². The Morgan fingerprint density at radius 1 is 0.846 bits per heavy atom. The van der Waals surface area contributed by atoms with Crippen molar-refractivity contribution < 1.29 is 4.74 Å². The Labute approximate surface area is 156 Å². The van der Waals surface area contributed by atoms with Crippen molar-refractivity contribution in [2.45, 2.75) is 12.6 Å². The highest BCUT2D eigenvalue weighted by atomic mass is 16.5. The lowest BCUT2D eigenvalue weighted by Crippen LogP contribution is -2.23. The van der Waals surface area contributed by atoms with Crippen LogP contribution >= 0.6 is 0 Å². The summed E-state index contributed by atoms with van der Waals surface area (Å²) in [6.07, 6.45) is 0. The molecule has 0 saturated carbocycles. The Balaban J connectivity index is 1.88. The Morgan fingerprint density at radius 3 is 2.08 bits per heavy atom. The van der Waals surface area contributed by atoms with Crippen LogP contribution in [0.4, 0.5) is 0 Å². The van der Waals surface area contributed by atoms with Crippen LogP contribution in [0.2, 0.25) is 0 Å². The minimum atomic E-state index is 0.00122. The zero-order valence-electron chi connectivity index (χ0n) is 15.2. The molecule has 0 fully saturated rings. The highest BCUT2D eigenvalue weighted by Gasteiger charge is 2.15. The van der Waals surface area contributed by atoms with Crippen molar-refractivity contribution in [1.29, 1.82) is 0 Å². The normalized spacial score (nSPS) is 11.5. The van der Waals surface area contributed by atoms with Gasteiger partial charge in [-0.3, -0.25) is 4.90 Å². The van der Waals surface area contributed by atoms with Gasteiger partial charge in [-0.05, 0) is 42.4 Å². The lowest BCUT2D eigenvalue weighted by atomic mass is 10.0. The molecule has 0 spiro atoms. The smallest absolute Gasteiger partial charge is 0.118 e. The standard InChI is InChI=1S/C24H23NO/c1-25(19-21-11-7-4-8-12-21)24(18-13-20-9-5-3-6-10-20)22-14-16-23(26-2)17-15-22/h3-12,14-17,24H,19H2,1-2H3. The van der Waals surface area contributed by atoms with Crippen molar-refractivity contribution in [3.05, 3.63) is 102 Å². The Morgan fingerprint density at radius 2 is 1.46 bits per heavy atom. The fourth-order valence-electron chi connectivity index (χ4n) is 2.87. The van der Waals surface area contributed by atoms with Gasteiger partial charge in [-0.15, -0.1) is 0 Å². The molecule has 26 heavy (non-hydrogen) atoms. The molecule has 3 aromatic carbocycles. The molecule has 1 atom stereocenters. The molecule has 2 nitrogen and oxygen atoms in total. The van der Waals surface area contributed by atoms with Crippen LogP contribution < -0.4 is 4.74 Å². The number of ether oxygens (including phenoxy) is 1. The first-order valence-electron chi connectivity index (χ1n) is 8.71. The minimum Gasteiger partial charge on any atom is -0.497 e. The van der Waals surface area contributed by atoms with Crippen LogP contribution in [0.25, 0.3) is 0 Å².